The summed E-state index contributed by atoms with van der Waals surface area (Å²) < 4.78 is 27.8. The Balaban J connectivity index is 3.01. The highest BCUT2D eigenvalue weighted by molar-refractivity contribution is 5.81. The Morgan fingerprint density at radius 3 is 2.32 bits per heavy atom. The highest BCUT2D eigenvalue weighted by Gasteiger charge is 2.18. The summed E-state index contributed by atoms with van der Waals surface area (Å²) in [6.07, 6.45) is 0. The zero-order chi connectivity index (χ0) is 14.4. The molecule has 6 heteroatoms. The standard InChI is InChI=1S/C13H19F2N3O/c1-3-17-12(19)8-18(4-2)13-10(14)5-9(7-16)6-11(13)15/h5-6H,3-4,7-8,16H2,1-2H3,(H,17,19). The van der Waals surface area contributed by atoms with Crippen LogP contribution in [0.4, 0.5) is 14.5 Å². The number of rotatable bonds is 6. The van der Waals surface area contributed by atoms with Crippen molar-refractivity contribution in [2.24, 2.45) is 5.73 Å². The second-order valence-corrected chi connectivity index (χ2v) is 4.08. The highest BCUT2D eigenvalue weighted by atomic mass is 19.1. The monoisotopic (exact) mass is 271 g/mol. The third kappa shape index (κ3) is 3.89. The molecule has 0 saturated carbocycles. The molecule has 0 aliphatic rings. The van der Waals surface area contributed by atoms with Crippen LogP contribution >= 0.6 is 0 Å². The summed E-state index contributed by atoms with van der Waals surface area (Å²) >= 11 is 0. The second-order valence-electron chi connectivity index (χ2n) is 4.08. The number of likely N-dealkylation sites (N-methyl/N-ethyl adjacent to an activating group) is 2. The van der Waals surface area contributed by atoms with Gasteiger partial charge in [-0.25, -0.2) is 8.78 Å². The third-order valence-electron chi connectivity index (χ3n) is 2.72. The molecule has 1 aromatic carbocycles. The number of nitrogens with two attached hydrogens (primary N) is 1. The van der Waals surface area contributed by atoms with Gasteiger partial charge in [0, 0.05) is 19.6 Å². The summed E-state index contributed by atoms with van der Waals surface area (Å²) in [6.45, 7) is 4.30. The Hall–Kier alpha value is -1.69. The van der Waals surface area contributed by atoms with E-state index in [0.29, 0.717) is 18.7 Å². The van der Waals surface area contributed by atoms with Crippen molar-refractivity contribution in [3.8, 4) is 0 Å². The molecule has 3 N–H and O–H groups in total. The molecule has 0 atom stereocenters. The minimum Gasteiger partial charge on any atom is -0.358 e. The number of hydrogen-bond acceptors (Lipinski definition) is 3. The molecule has 0 aliphatic heterocycles. The van der Waals surface area contributed by atoms with Gasteiger partial charge in [0.2, 0.25) is 5.91 Å². The van der Waals surface area contributed by atoms with E-state index >= 15 is 0 Å². The summed E-state index contributed by atoms with van der Waals surface area (Å²) in [5, 5.41) is 2.60. The lowest BCUT2D eigenvalue weighted by molar-refractivity contribution is -0.119. The number of benzene rings is 1. The van der Waals surface area contributed by atoms with Crippen LogP contribution < -0.4 is 16.0 Å². The van der Waals surface area contributed by atoms with Crippen molar-refractivity contribution in [1.82, 2.24) is 5.32 Å². The fraction of sp³-hybridized carbons (Fsp3) is 0.462. The number of amides is 1. The Morgan fingerprint density at radius 2 is 1.89 bits per heavy atom. The summed E-state index contributed by atoms with van der Waals surface area (Å²) in [6, 6.07) is 2.39. The number of nitrogens with zero attached hydrogens (tertiary/aromatic N) is 1. The van der Waals surface area contributed by atoms with Crippen LogP contribution in [0.5, 0.6) is 0 Å². The van der Waals surface area contributed by atoms with Crippen molar-refractivity contribution in [2.45, 2.75) is 20.4 Å². The van der Waals surface area contributed by atoms with Crippen molar-refractivity contribution in [3.05, 3.63) is 29.3 Å². The fourth-order valence-corrected chi connectivity index (χ4v) is 1.81. The normalized spacial score (nSPS) is 10.4. The minimum atomic E-state index is -0.702. The van der Waals surface area contributed by atoms with Gasteiger partial charge in [0.05, 0.1) is 6.54 Å². The molecular weight excluding hydrogens is 252 g/mol. The molecule has 0 radical (unpaired) electrons. The molecule has 1 rings (SSSR count). The maximum absolute atomic E-state index is 13.9. The van der Waals surface area contributed by atoms with Gasteiger partial charge in [0.1, 0.15) is 17.3 Å². The van der Waals surface area contributed by atoms with Crippen LogP contribution in [0.3, 0.4) is 0 Å². The molecule has 106 valence electrons. The minimum absolute atomic E-state index is 0.0660. The van der Waals surface area contributed by atoms with E-state index in [1.165, 1.54) is 17.0 Å². The van der Waals surface area contributed by atoms with Gasteiger partial charge in [-0.1, -0.05) is 0 Å². The number of anilines is 1. The molecule has 4 nitrogen and oxygen atoms in total. The summed E-state index contributed by atoms with van der Waals surface area (Å²) in [4.78, 5) is 12.9. The first-order chi connectivity index (χ1) is 9.03. The Morgan fingerprint density at radius 1 is 1.32 bits per heavy atom. The van der Waals surface area contributed by atoms with Crippen LogP contribution in [0.25, 0.3) is 0 Å². The van der Waals surface area contributed by atoms with Gasteiger partial charge < -0.3 is 16.0 Å². The number of carbonyl (C=O) groups excluding carboxylic acids is 1. The third-order valence-corrected chi connectivity index (χ3v) is 2.72. The maximum Gasteiger partial charge on any atom is 0.239 e. The van der Waals surface area contributed by atoms with E-state index in [-0.39, 0.29) is 24.7 Å². The van der Waals surface area contributed by atoms with Gasteiger partial charge in [-0.15, -0.1) is 0 Å². The lowest BCUT2D eigenvalue weighted by Crippen LogP contribution is -2.38. The first-order valence-corrected chi connectivity index (χ1v) is 6.23. The number of halogens is 2. The molecule has 0 unspecified atom stereocenters. The van der Waals surface area contributed by atoms with Crippen LogP contribution in [0.15, 0.2) is 12.1 Å². The van der Waals surface area contributed by atoms with Gasteiger partial charge in [-0.3, -0.25) is 4.79 Å². The second kappa shape index (κ2) is 7.04. The summed E-state index contributed by atoms with van der Waals surface area (Å²) in [5.41, 5.74) is 5.55. The van der Waals surface area contributed by atoms with Crippen molar-refractivity contribution < 1.29 is 13.6 Å². The average Bonchev–Trinajstić information content (AvgIpc) is 2.36. The molecule has 0 aliphatic carbocycles. The molecule has 1 amide bonds. The van der Waals surface area contributed by atoms with Gasteiger partial charge in [0.25, 0.3) is 0 Å². The maximum atomic E-state index is 13.9. The van der Waals surface area contributed by atoms with Crippen LogP contribution in [-0.2, 0) is 11.3 Å². The summed E-state index contributed by atoms with van der Waals surface area (Å²) in [5.74, 6) is -1.68. The zero-order valence-electron chi connectivity index (χ0n) is 11.2. The molecular formula is C13H19F2N3O. The topological polar surface area (TPSA) is 58.4 Å². The van der Waals surface area contributed by atoms with E-state index in [1.54, 1.807) is 13.8 Å². The van der Waals surface area contributed by atoms with Gasteiger partial charge in [-0.05, 0) is 31.5 Å². The van der Waals surface area contributed by atoms with Crippen molar-refractivity contribution in [3.63, 3.8) is 0 Å². The first kappa shape index (κ1) is 15.4. The number of hydrogen-bond donors (Lipinski definition) is 2. The van der Waals surface area contributed by atoms with Gasteiger partial charge >= 0.3 is 0 Å². The molecule has 0 heterocycles. The van der Waals surface area contributed by atoms with Crippen LogP contribution in [0.1, 0.15) is 19.4 Å². The molecule has 0 spiro atoms. The van der Waals surface area contributed by atoms with Gasteiger partial charge in [-0.2, -0.15) is 0 Å². The van der Waals surface area contributed by atoms with Crippen LogP contribution in [0, 0.1) is 11.6 Å². The highest BCUT2D eigenvalue weighted by Crippen LogP contribution is 2.24. The molecule has 0 saturated heterocycles. The summed E-state index contributed by atoms with van der Waals surface area (Å²) in [7, 11) is 0. The Kier molecular flexibility index (Phi) is 5.69. The van der Waals surface area contributed by atoms with E-state index in [4.69, 9.17) is 5.73 Å². The zero-order valence-corrected chi connectivity index (χ0v) is 11.2. The molecule has 1 aromatic rings. The fourth-order valence-electron chi connectivity index (χ4n) is 1.81. The first-order valence-electron chi connectivity index (χ1n) is 6.23. The Labute approximate surface area is 111 Å². The van der Waals surface area contributed by atoms with E-state index < -0.39 is 11.6 Å². The quantitative estimate of drug-likeness (QED) is 0.822. The average molecular weight is 271 g/mol. The van der Waals surface area contributed by atoms with E-state index in [9.17, 15) is 13.6 Å². The van der Waals surface area contributed by atoms with Crippen molar-refractivity contribution >= 4 is 11.6 Å². The Bertz CT molecular complexity index is 429. The SMILES string of the molecule is CCNC(=O)CN(CC)c1c(F)cc(CN)cc1F. The lowest BCUT2D eigenvalue weighted by atomic mass is 10.1. The van der Waals surface area contributed by atoms with E-state index in [2.05, 4.69) is 5.32 Å². The predicted octanol–water partition coefficient (Wildman–Crippen LogP) is 1.39. The molecule has 0 aromatic heterocycles. The molecule has 19 heavy (non-hydrogen) atoms. The van der Waals surface area contributed by atoms with Crippen molar-refractivity contribution in [1.29, 1.82) is 0 Å². The lowest BCUT2D eigenvalue weighted by Gasteiger charge is -2.23. The van der Waals surface area contributed by atoms with Crippen LogP contribution in [0.2, 0.25) is 0 Å². The van der Waals surface area contributed by atoms with Crippen LogP contribution in [-0.4, -0.2) is 25.5 Å². The van der Waals surface area contributed by atoms with Crippen molar-refractivity contribution in [2.75, 3.05) is 24.5 Å². The number of carbonyl (C=O) groups is 1. The molecule has 0 fully saturated rings. The number of nitrogens with one attached hydrogen (secondary N) is 1. The van der Waals surface area contributed by atoms with E-state index in [1.807, 2.05) is 0 Å². The largest absolute Gasteiger partial charge is 0.358 e. The van der Waals surface area contributed by atoms with Gasteiger partial charge in [0.15, 0.2) is 0 Å². The smallest absolute Gasteiger partial charge is 0.239 e. The van der Waals surface area contributed by atoms with E-state index in [0.717, 1.165) is 0 Å². The predicted molar refractivity (Wildman–Crippen MR) is 70.8 cm³/mol. The molecule has 0 bridgehead atoms.